The highest BCUT2D eigenvalue weighted by Crippen LogP contribution is 2.19. The maximum absolute atomic E-state index is 11.8. The van der Waals surface area contributed by atoms with E-state index in [-0.39, 0.29) is 6.54 Å². The quantitative estimate of drug-likeness (QED) is 0.639. The predicted molar refractivity (Wildman–Crippen MR) is 58.2 cm³/mol. The average molecular weight is 253 g/mol. The summed E-state index contributed by atoms with van der Waals surface area (Å²) in [6.45, 7) is 0.205. The number of nitrogens with two attached hydrogens (primary N) is 1. The van der Waals surface area contributed by atoms with E-state index < -0.39 is 12.6 Å². The molecule has 0 aliphatic heterocycles. The van der Waals surface area contributed by atoms with Crippen LogP contribution in [0.15, 0.2) is 18.2 Å². The summed E-state index contributed by atoms with van der Waals surface area (Å²) < 4.78 is 35.5. The van der Waals surface area contributed by atoms with Crippen LogP contribution < -0.4 is 11.1 Å². The number of alkyl halides is 3. The lowest BCUT2D eigenvalue weighted by Crippen LogP contribution is -2.21. The average Bonchev–Trinajstić information content (AvgIpc) is 2.09. The summed E-state index contributed by atoms with van der Waals surface area (Å²) in [6.07, 6.45) is -4.97. The van der Waals surface area contributed by atoms with E-state index >= 15 is 0 Å². The highest BCUT2D eigenvalue weighted by atomic mass is 35.5. The first kappa shape index (κ1) is 13.1. The van der Waals surface area contributed by atoms with Crippen LogP contribution in [0.25, 0.3) is 0 Å². The van der Waals surface area contributed by atoms with Gasteiger partial charge in [0, 0.05) is 23.8 Å². The zero-order valence-electron chi connectivity index (χ0n) is 8.44. The molecule has 90 valence electrons. The van der Waals surface area contributed by atoms with Crippen molar-refractivity contribution >= 4 is 17.3 Å². The Bertz CT molecular complexity index is 332. The Morgan fingerprint density at radius 2 is 1.94 bits per heavy atom. The first-order valence-corrected chi connectivity index (χ1v) is 5.07. The van der Waals surface area contributed by atoms with Gasteiger partial charge in [0.2, 0.25) is 0 Å². The van der Waals surface area contributed by atoms with Gasteiger partial charge in [-0.25, -0.2) is 0 Å². The predicted octanol–water partition coefficient (Wildman–Crippen LogP) is 2.96. The van der Waals surface area contributed by atoms with Gasteiger partial charge in [-0.2, -0.15) is 13.2 Å². The molecule has 16 heavy (non-hydrogen) atoms. The molecule has 0 bridgehead atoms. The van der Waals surface area contributed by atoms with Crippen molar-refractivity contribution in [3.63, 3.8) is 0 Å². The third-order valence-corrected chi connectivity index (χ3v) is 2.11. The standard InChI is InChI=1S/C10H12ClF3N2/c11-8-3-7(4-9(15)5-8)6-16-2-1-10(12,13)14/h3-5,16H,1-2,6,15H2. The number of benzene rings is 1. The van der Waals surface area contributed by atoms with Gasteiger partial charge in [0.15, 0.2) is 0 Å². The van der Waals surface area contributed by atoms with Crippen LogP contribution in [0, 0.1) is 0 Å². The summed E-state index contributed by atoms with van der Waals surface area (Å²) >= 11 is 5.75. The van der Waals surface area contributed by atoms with Crippen molar-refractivity contribution in [1.29, 1.82) is 0 Å². The van der Waals surface area contributed by atoms with Gasteiger partial charge in [-0.3, -0.25) is 0 Å². The lowest BCUT2D eigenvalue weighted by Gasteiger charge is -2.08. The minimum atomic E-state index is -4.12. The molecule has 0 aliphatic rings. The molecular formula is C10H12ClF3N2. The lowest BCUT2D eigenvalue weighted by atomic mass is 10.2. The second kappa shape index (κ2) is 5.41. The van der Waals surface area contributed by atoms with Crippen LogP contribution in [-0.2, 0) is 6.54 Å². The van der Waals surface area contributed by atoms with Crippen LogP contribution in [0.3, 0.4) is 0 Å². The van der Waals surface area contributed by atoms with Gasteiger partial charge in [-0.1, -0.05) is 11.6 Å². The molecule has 0 aliphatic carbocycles. The topological polar surface area (TPSA) is 38.0 Å². The fraction of sp³-hybridized carbons (Fsp3) is 0.400. The summed E-state index contributed by atoms with van der Waals surface area (Å²) in [4.78, 5) is 0. The number of rotatable bonds is 4. The van der Waals surface area contributed by atoms with Gasteiger partial charge in [-0.05, 0) is 23.8 Å². The smallest absolute Gasteiger partial charge is 0.390 e. The highest BCUT2D eigenvalue weighted by molar-refractivity contribution is 6.30. The van der Waals surface area contributed by atoms with E-state index in [9.17, 15) is 13.2 Å². The molecule has 0 fully saturated rings. The normalized spacial score (nSPS) is 11.8. The fourth-order valence-electron chi connectivity index (χ4n) is 1.24. The second-order valence-electron chi connectivity index (χ2n) is 3.43. The molecule has 0 saturated heterocycles. The monoisotopic (exact) mass is 252 g/mol. The van der Waals surface area contributed by atoms with E-state index in [1.807, 2.05) is 0 Å². The summed E-state index contributed by atoms with van der Waals surface area (Å²) in [7, 11) is 0. The van der Waals surface area contributed by atoms with Crippen molar-refractivity contribution in [2.24, 2.45) is 0 Å². The van der Waals surface area contributed by atoms with Crippen LogP contribution in [0.5, 0.6) is 0 Å². The molecule has 0 aromatic heterocycles. The molecule has 0 heterocycles. The molecule has 3 N–H and O–H groups in total. The molecule has 0 amide bonds. The minimum absolute atomic E-state index is 0.115. The summed E-state index contributed by atoms with van der Waals surface area (Å²) in [6, 6.07) is 4.92. The number of nitrogens with one attached hydrogen (secondary N) is 1. The van der Waals surface area contributed by atoms with Crippen molar-refractivity contribution in [2.75, 3.05) is 12.3 Å². The minimum Gasteiger partial charge on any atom is -0.399 e. The number of anilines is 1. The van der Waals surface area contributed by atoms with Crippen LogP contribution in [0.4, 0.5) is 18.9 Å². The van der Waals surface area contributed by atoms with E-state index in [0.717, 1.165) is 5.56 Å². The van der Waals surface area contributed by atoms with E-state index in [1.54, 1.807) is 18.2 Å². The van der Waals surface area contributed by atoms with Crippen molar-refractivity contribution < 1.29 is 13.2 Å². The maximum atomic E-state index is 11.8. The Morgan fingerprint density at radius 1 is 1.25 bits per heavy atom. The van der Waals surface area contributed by atoms with Crippen molar-refractivity contribution in [3.8, 4) is 0 Å². The van der Waals surface area contributed by atoms with E-state index in [1.165, 1.54) is 0 Å². The summed E-state index contributed by atoms with van der Waals surface area (Å²) in [5.74, 6) is 0. The van der Waals surface area contributed by atoms with Gasteiger partial charge in [0.25, 0.3) is 0 Å². The number of hydrogen-bond acceptors (Lipinski definition) is 2. The van der Waals surface area contributed by atoms with E-state index in [2.05, 4.69) is 5.32 Å². The zero-order valence-corrected chi connectivity index (χ0v) is 9.20. The molecule has 0 atom stereocenters. The van der Waals surface area contributed by atoms with Gasteiger partial charge < -0.3 is 11.1 Å². The Morgan fingerprint density at radius 3 is 2.50 bits per heavy atom. The summed E-state index contributed by atoms with van der Waals surface area (Å²) in [5, 5.41) is 3.16. The second-order valence-corrected chi connectivity index (χ2v) is 3.87. The van der Waals surface area contributed by atoms with Crippen molar-refractivity contribution in [2.45, 2.75) is 19.1 Å². The Hall–Kier alpha value is -0.940. The molecule has 6 heteroatoms. The number of halogens is 4. The zero-order chi connectivity index (χ0) is 12.2. The maximum Gasteiger partial charge on any atom is 0.390 e. The Kier molecular flexibility index (Phi) is 4.44. The molecule has 1 aromatic rings. The number of nitrogen functional groups attached to an aromatic ring is 1. The van der Waals surface area contributed by atoms with Crippen LogP contribution in [0.2, 0.25) is 5.02 Å². The molecule has 1 aromatic carbocycles. The van der Waals surface area contributed by atoms with E-state index in [0.29, 0.717) is 17.3 Å². The molecule has 0 saturated carbocycles. The number of hydrogen-bond donors (Lipinski definition) is 2. The van der Waals surface area contributed by atoms with Crippen LogP contribution >= 0.6 is 11.6 Å². The Balaban J connectivity index is 2.37. The molecule has 0 radical (unpaired) electrons. The third kappa shape index (κ3) is 5.23. The first-order chi connectivity index (χ1) is 7.37. The third-order valence-electron chi connectivity index (χ3n) is 1.89. The first-order valence-electron chi connectivity index (χ1n) is 4.69. The SMILES string of the molecule is Nc1cc(Cl)cc(CNCCC(F)(F)F)c1. The van der Waals surface area contributed by atoms with Crippen LogP contribution in [-0.4, -0.2) is 12.7 Å². The van der Waals surface area contributed by atoms with Gasteiger partial charge in [-0.15, -0.1) is 0 Å². The highest BCUT2D eigenvalue weighted by Gasteiger charge is 2.25. The Labute approximate surface area is 96.6 Å². The lowest BCUT2D eigenvalue weighted by molar-refractivity contribution is -0.133. The van der Waals surface area contributed by atoms with Gasteiger partial charge in [0.05, 0.1) is 6.42 Å². The largest absolute Gasteiger partial charge is 0.399 e. The van der Waals surface area contributed by atoms with Gasteiger partial charge in [0.1, 0.15) is 0 Å². The van der Waals surface area contributed by atoms with Gasteiger partial charge >= 0.3 is 6.18 Å². The summed E-state index contributed by atoms with van der Waals surface area (Å²) in [5.41, 5.74) is 6.81. The van der Waals surface area contributed by atoms with E-state index in [4.69, 9.17) is 17.3 Å². The fourth-order valence-corrected chi connectivity index (χ4v) is 1.51. The van der Waals surface area contributed by atoms with Crippen molar-refractivity contribution in [1.82, 2.24) is 5.32 Å². The molecular weight excluding hydrogens is 241 g/mol. The molecule has 0 spiro atoms. The molecule has 1 rings (SSSR count). The molecule has 0 unspecified atom stereocenters. The van der Waals surface area contributed by atoms with Crippen LogP contribution in [0.1, 0.15) is 12.0 Å². The van der Waals surface area contributed by atoms with Crippen molar-refractivity contribution in [3.05, 3.63) is 28.8 Å². The molecule has 2 nitrogen and oxygen atoms in total.